The normalized spacial score (nSPS) is 20.5. The van der Waals surface area contributed by atoms with Gasteiger partial charge < -0.3 is 0 Å². The molecule has 0 aromatic carbocycles. The van der Waals surface area contributed by atoms with Gasteiger partial charge in [0, 0.05) is 0 Å². The zero-order valence-electron chi connectivity index (χ0n) is 6.20. The Morgan fingerprint density at radius 3 is 2.60 bits per heavy atom. The Bertz CT molecular complexity index is 156. The van der Waals surface area contributed by atoms with Gasteiger partial charge in [-0.2, -0.15) is 0 Å². The first-order valence-electron chi connectivity index (χ1n) is 3.84. The molecule has 0 saturated heterocycles. The highest BCUT2D eigenvalue weighted by Gasteiger charge is 2.05. The van der Waals surface area contributed by atoms with Crippen molar-refractivity contribution in [3.63, 3.8) is 0 Å². The fourth-order valence-corrected chi connectivity index (χ4v) is 1.92. The van der Waals surface area contributed by atoms with Crippen LogP contribution in [0.3, 0.4) is 0 Å². The van der Waals surface area contributed by atoms with Crippen LogP contribution in [0.2, 0.25) is 0 Å². The summed E-state index contributed by atoms with van der Waals surface area (Å²) in [5.74, 6) is 0. The van der Waals surface area contributed by atoms with Crippen molar-refractivity contribution in [3.8, 4) is 0 Å². The van der Waals surface area contributed by atoms with Gasteiger partial charge >= 0.3 is 0 Å². The van der Waals surface area contributed by atoms with Crippen LogP contribution in [0.4, 0.5) is 0 Å². The summed E-state index contributed by atoms with van der Waals surface area (Å²) in [6.07, 6.45) is 8.43. The molecule has 0 unspecified atom stereocenters. The van der Waals surface area contributed by atoms with Crippen LogP contribution in [0.1, 0.15) is 32.1 Å². The minimum absolute atomic E-state index is 1.21. The highest BCUT2D eigenvalue weighted by Crippen LogP contribution is 2.27. The predicted octanol–water partition coefficient (Wildman–Crippen LogP) is 3.79. The molecular formula is C9H13Br. The van der Waals surface area contributed by atoms with Crippen molar-refractivity contribution in [1.29, 1.82) is 0 Å². The summed E-state index contributed by atoms with van der Waals surface area (Å²) >= 11 is 3.57. The van der Waals surface area contributed by atoms with Gasteiger partial charge in [0.05, 0.1) is 0 Å². The van der Waals surface area contributed by atoms with Gasteiger partial charge in [0.2, 0.25) is 0 Å². The second kappa shape index (κ2) is 3.97. The summed E-state index contributed by atoms with van der Waals surface area (Å²) in [5.41, 5.74) is 1.41. The number of hydrogen-bond acceptors (Lipinski definition) is 0. The maximum atomic E-state index is 3.79. The predicted molar refractivity (Wildman–Crippen MR) is 49.2 cm³/mol. The summed E-state index contributed by atoms with van der Waals surface area (Å²) in [7, 11) is 0. The van der Waals surface area contributed by atoms with E-state index < -0.39 is 0 Å². The molecule has 0 bridgehead atoms. The zero-order chi connectivity index (χ0) is 7.40. The standard InChI is InChI=1S/C9H13Br/c1-2-8-6-4-3-5-7-9(8)10/h2H,1,3-7H2. The number of hydrogen-bond donors (Lipinski definition) is 0. The van der Waals surface area contributed by atoms with Crippen molar-refractivity contribution in [2.45, 2.75) is 32.1 Å². The first kappa shape index (κ1) is 8.06. The Morgan fingerprint density at radius 2 is 1.90 bits per heavy atom. The van der Waals surface area contributed by atoms with Gasteiger partial charge in [0.25, 0.3) is 0 Å². The summed E-state index contributed by atoms with van der Waals surface area (Å²) in [4.78, 5) is 0. The van der Waals surface area contributed by atoms with E-state index in [4.69, 9.17) is 0 Å². The van der Waals surface area contributed by atoms with Crippen molar-refractivity contribution in [2.75, 3.05) is 0 Å². The molecule has 0 amide bonds. The van der Waals surface area contributed by atoms with Crippen LogP contribution in [0, 0.1) is 0 Å². The molecule has 1 aliphatic carbocycles. The molecule has 0 saturated carbocycles. The molecule has 0 nitrogen and oxygen atoms in total. The van der Waals surface area contributed by atoms with Crippen LogP contribution in [-0.2, 0) is 0 Å². The van der Waals surface area contributed by atoms with Crippen LogP contribution in [0.5, 0.6) is 0 Å². The Labute approximate surface area is 71.1 Å². The second-order valence-electron chi connectivity index (χ2n) is 2.69. The fraction of sp³-hybridized carbons (Fsp3) is 0.556. The highest BCUT2D eigenvalue weighted by atomic mass is 79.9. The van der Waals surface area contributed by atoms with Gasteiger partial charge in [-0.1, -0.05) is 35.0 Å². The van der Waals surface area contributed by atoms with Gasteiger partial charge in [-0.3, -0.25) is 0 Å². The molecule has 10 heavy (non-hydrogen) atoms. The molecular weight excluding hydrogens is 188 g/mol. The van der Waals surface area contributed by atoms with Crippen molar-refractivity contribution < 1.29 is 0 Å². The summed E-state index contributed by atoms with van der Waals surface area (Å²) in [5, 5.41) is 0. The highest BCUT2D eigenvalue weighted by molar-refractivity contribution is 9.11. The molecule has 0 spiro atoms. The first-order chi connectivity index (χ1) is 4.84. The van der Waals surface area contributed by atoms with E-state index in [1.54, 1.807) is 0 Å². The molecule has 56 valence electrons. The van der Waals surface area contributed by atoms with E-state index in [9.17, 15) is 0 Å². The lowest BCUT2D eigenvalue weighted by atomic mass is 10.1. The quantitative estimate of drug-likeness (QED) is 0.605. The lowest BCUT2D eigenvalue weighted by molar-refractivity contribution is 0.713. The van der Waals surface area contributed by atoms with E-state index in [2.05, 4.69) is 22.5 Å². The molecule has 0 fully saturated rings. The minimum atomic E-state index is 1.21. The van der Waals surface area contributed by atoms with Crippen LogP contribution in [0.25, 0.3) is 0 Å². The van der Waals surface area contributed by atoms with Crippen LogP contribution >= 0.6 is 15.9 Å². The minimum Gasteiger partial charge on any atom is -0.0988 e. The van der Waals surface area contributed by atoms with Crippen LogP contribution in [-0.4, -0.2) is 0 Å². The van der Waals surface area contributed by atoms with Gasteiger partial charge in [-0.25, -0.2) is 0 Å². The Kier molecular flexibility index (Phi) is 3.20. The molecule has 0 aromatic heterocycles. The van der Waals surface area contributed by atoms with Crippen molar-refractivity contribution >= 4 is 15.9 Å². The monoisotopic (exact) mass is 200 g/mol. The van der Waals surface area contributed by atoms with Gasteiger partial charge in [-0.15, -0.1) is 0 Å². The number of halogens is 1. The Balaban J connectivity index is 2.67. The number of allylic oxidation sites excluding steroid dienone is 3. The summed E-state index contributed by atoms with van der Waals surface area (Å²) in [6, 6.07) is 0. The Morgan fingerprint density at radius 1 is 1.20 bits per heavy atom. The van der Waals surface area contributed by atoms with E-state index in [0.29, 0.717) is 0 Å². The van der Waals surface area contributed by atoms with Gasteiger partial charge in [0.1, 0.15) is 0 Å². The van der Waals surface area contributed by atoms with Crippen molar-refractivity contribution in [2.24, 2.45) is 0 Å². The SMILES string of the molecule is C=CC1=C(Br)CCCCC1. The average Bonchev–Trinajstić information content (AvgIpc) is 2.13. The lowest BCUT2D eigenvalue weighted by Gasteiger charge is -1.98. The largest absolute Gasteiger partial charge is 0.0988 e. The van der Waals surface area contributed by atoms with E-state index in [1.807, 2.05) is 6.08 Å². The maximum absolute atomic E-state index is 3.79. The molecule has 0 atom stereocenters. The summed E-state index contributed by atoms with van der Waals surface area (Å²) in [6.45, 7) is 3.79. The average molecular weight is 201 g/mol. The molecule has 0 N–H and O–H groups in total. The van der Waals surface area contributed by atoms with Crippen LogP contribution in [0.15, 0.2) is 22.7 Å². The van der Waals surface area contributed by atoms with Gasteiger partial charge in [0.15, 0.2) is 0 Å². The van der Waals surface area contributed by atoms with Crippen LogP contribution < -0.4 is 0 Å². The molecule has 1 aliphatic rings. The third-order valence-electron chi connectivity index (χ3n) is 1.94. The molecule has 0 aromatic rings. The van der Waals surface area contributed by atoms with E-state index >= 15 is 0 Å². The Hall–Kier alpha value is -0.0400. The third kappa shape index (κ3) is 1.98. The second-order valence-corrected chi connectivity index (χ2v) is 3.65. The smallest absolute Gasteiger partial charge is 0.00176 e. The third-order valence-corrected chi connectivity index (χ3v) is 2.84. The van der Waals surface area contributed by atoms with Crippen molar-refractivity contribution in [3.05, 3.63) is 22.7 Å². The molecule has 1 rings (SSSR count). The molecule has 0 heterocycles. The molecule has 0 aliphatic heterocycles. The lowest BCUT2D eigenvalue weighted by Crippen LogP contribution is -1.77. The fourth-order valence-electron chi connectivity index (χ4n) is 1.28. The topological polar surface area (TPSA) is 0 Å². The van der Waals surface area contributed by atoms with E-state index in [1.165, 1.54) is 42.2 Å². The zero-order valence-corrected chi connectivity index (χ0v) is 7.78. The van der Waals surface area contributed by atoms with Crippen molar-refractivity contribution in [1.82, 2.24) is 0 Å². The summed E-state index contributed by atoms with van der Waals surface area (Å²) < 4.78 is 1.38. The van der Waals surface area contributed by atoms with E-state index in [-0.39, 0.29) is 0 Å². The van der Waals surface area contributed by atoms with Gasteiger partial charge in [-0.05, 0) is 35.7 Å². The molecule has 1 heteroatoms. The van der Waals surface area contributed by atoms with E-state index in [0.717, 1.165) is 0 Å². The molecule has 0 radical (unpaired) electrons. The first-order valence-corrected chi connectivity index (χ1v) is 4.64. The number of rotatable bonds is 1. The maximum Gasteiger partial charge on any atom is -0.00176 e.